The number of aliphatic hydroxyl groups excluding tert-OH is 2. The van der Waals surface area contributed by atoms with Gasteiger partial charge >= 0.3 is 6.36 Å². The summed E-state index contributed by atoms with van der Waals surface area (Å²) in [5.74, 6) is -0.860. The number of hydrogen-bond donors (Lipinski definition) is 3. The lowest BCUT2D eigenvalue weighted by atomic mass is 9.89. The van der Waals surface area contributed by atoms with Gasteiger partial charge in [-0.2, -0.15) is 0 Å². The largest absolute Gasteiger partial charge is 0.573 e. The van der Waals surface area contributed by atoms with E-state index in [-0.39, 0.29) is 62.7 Å². The fourth-order valence-corrected chi connectivity index (χ4v) is 6.68. The summed E-state index contributed by atoms with van der Waals surface area (Å²) in [6.45, 7) is 0.0599. The van der Waals surface area contributed by atoms with Gasteiger partial charge in [0.1, 0.15) is 17.1 Å². The number of amides is 1. The summed E-state index contributed by atoms with van der Waals surface area (Å²) < 4.78 is 71.2. The molecule has 2 aliphatic heterocycles. The van der Waals surface area contributed by atoms with Crippen molar-refractivity contribution >= 4 is 32.7 Å². The van der Waals surface area contributed by atoms with Crippen molar-refractivity contribution in [2.75, 3.05) is 25.4 Å². The van der Waals surface area contributed by atoms with E-state index in [4.69, 9.17) is 5.11 Å². The molecule has 10 nitrogen and oxygen atoms in total. The lowest BCUT2D eigenvalue weighted by molar-refractivity contribution is -0.274. The Bertz CT molecular complexity index is 1580. The fourth-order valence-electron chi connectivity index (χ4n) is 5.19. The second-order valence-corrected chi connectivity index (χ2v) is 12.3. The molecule has 1 atom stereocenters. The molecule has 0 aliphatic carbocycles. The standard InChI is InChI=1S/C27H29F3N4O6S/c28-27(29,30)40-22-3-1-2-20(15-22)24-31-25(37)26(32-24)8-11-34(12-9-26)41(38,39)13-7-18-4-5-23-19(14-18)6-10-33(23)16-21(36)17-35/h1-6,10,14-15,21,35-36H,7-9,11-13,16-17H2,(H,31,32,37). The first kappa shape index (κ1) is 29.0. The number of sulfonamides is 1. The number of amidine groups is 1. The first-order valence-electron chi connectivity index (χ1n) is 13.0. The normalized spacial score (nSPS) is 18.5. The van der Waals surface area contributed by atoms with Gasteiger partial charge < -0.3 is 24.8 Å². The molecule has 0 bridgehead atoms. The molecule has 1 saturated heterocycles. The fraction of sp³-hybridized carbons (Fsp3) is 0.407. The summed E-state index contributed by atoms with van der Waals surface area (Å²) in [7, 11) is -3.64. The van der Waals surface area contributed by atoms with E-state index in [9.17, 15) is 31.5 Å². The van der Waals surface area contributed by atoms with Crippen LogP contribution in [0.4, 0.5) is 13.2 Å². The maximum absolute atomic E-state index is 13.1. The zero-order valence-electron chi connectivity index (χ0n) is 21.8. The average Bonchev–Trinajstić information content (AvgIpc) is 3.47. The molecule has 1 fully saturated rings. The molecule has 1 aromatic heterocycles. The van der Waals surface area contributed by atoms with E-state index in [1.165, 1.54) is 16.4 Å². The van der Waals surface area contributed by atoms with Crippen LogP contribution in [-0.2, 0) is 27.8 Å². The van der Waals surface area contributed by atoms with Gasteiger partial charge in [0.05, 0.1) is 25.0 Å². The van der Waals surface area contributed by atoms with Crippen molar-refractivity contribution in [3.63, 3.8) is 0 Å². The Hall–Kier alpha value is -3.46. The third kappa shape index (κ3) is 6.40. The number of rotatable bonds is 9. The number of aliphatic hydroxyl groups is 2. The number of fused-ring (bicyclic) bond motifs is 1. The highest BCUT2D eigenvalue weighted by Gasteiger charge is 2.47. The molecule has 2 aromatic carbocycles. The van der Waals surface area contributed by atoms with Crippen LogP contribution in [0.2, 0.25) is 0 Å². The Balaban J connectivity index is 1.21. The average molecular weight is 595 g/mol. The monoisotopic (exact) mass is 594 g/mol. The van der Waals surface area contributed by atoms with E-state index in [1.54, 1.807) is 6.20 Å². The van der Waals surface area contributed by atoms with Crippen LogP contribution in [0.15, 0.2) is 59.7 Å². The molecule has 3 aromatic rings. The van der Waals surface area contributed by atoms with Crippen LogP contribution in [0.1, 0.15) is 24.0 Å². The number of halogens is 3. The zero-order valence-corrected chi connectivity index (χ0v) is 22.7. The number of alkyl halides is 3. The highest BCUT2D eigenvalue weighted by molar-refractivity contribution is 7.89. The number of carbonyl (C=O) groups is 1. The van der Waals surface area contributed by atoms with Crippen LogP contribution >= 0.6 is 0 Å². The predicted octanol–water partition coefficient (Wildman–Crippen LogP) is 2.18. The Labute approximate surface area is 234 Å². The Morgan fingerprint density at radius 1 is 1.12 bits per heavy atom. The minimum Gasteiger partial charge on any atom is -0.406 e. The number of aromatic nitrogens is 1. The number of nitrogens with zero attached hydrogens (tertiary/aromatic N) is 3. The van der Waals surface area contributed by atoms with Gasteiger partial charge in [-0.3, -0.25) is 9.79 Å². The zero-order chi connectivity index (χ0) is 29.4. The van der Waals surface area contributed by atoms with E-state index in [0.717, 1.165) is 28.6 Å². The first-order chi connectivity index (χ1) is 19.4. The summed E-state index contributed by atoms with van der Waals surface area (Å²) in [4.78, 5) is 17.4. The van der Waals surface area contributed by atoms with Gasteiger partial charge in [-0.05, 0) is 60.5 Å². The van der Waals surface area contributed by atoms with Crippen LogP contribution in [-0.4, -0.2) is 82.7 Å². The van der Waals surface area contributed by atoms with Gasteiger partial charge in [0.2, 0.25) is 10.0 Å². The van der Waals surface area contributed by atoms with Crippen molar-refractivity contribution in [2.24, 2.45) is 4.99 Å². The molecule has 220 valence electrons. The lowest BCUT2D eigenvalue weighted by Gasteiger charge is -2.34. The van der Waals surface area contributed by atoms with Crippen molar-refractivity contribution in [1.82, 2.24) is 14.2 Å². The van der Waals surface area contributed by atoms with Gasteiger partial charge in [0, 0.05) is 30.4 Å². The van der Waals surface area contributed by atoms with E-state index in [1.807, 2.05) is 28.8 Å². The molecule has 5 rings (SSSR count). The molecular formula is C27H29F3N4O6S. The van der Waals surface area contributed by atoms with Crippen LogP contribution in [0.5, 0.6) is 5.75 Å². The number of aliphatic imine (C=N–C) groups is 1. The van der Waals surface area contributed by atoms with Crippen molar-refractivity contribution in [1.29, 1.82) is 0 Å². The molecule has 0 radical (unpaired) electrons. The van der Waals surface area contributed by atoms with E-state index < -0.39 is 39.7 Å². The molecule has 41 heavy (non-hydrogen) atoms. The van der Waals surface area contributed by atoms with Gasteiger partial charge in [-0.25, -0.2) is 12.7 Å². The van der Waals surface area contributed by atoms with E-state index in [0.29, 0.717) is 0 Å². The minimum atomic E-state index is -4.86. The molecule has 3 N–H and O–H groups in total. The van der Waals surface area contributed by atoms with Crippen molar-refractivity contribution < 1.29 is 41.3 Å². The predicted molar refractivity (Wildman–Crippen MR) is 144 cm³/mol. The van der Waals surface area contributed by atoms with Crippen LogP contribution in [0.3, 0.4) is 0 Å². The summed E-state index contributed by atoms with van der Waals surface area (Å²) >= 11 is 0. The molecule has 0 saturated carbocycles. The second kappa shape index (κ2) is 11.1. The number of benzene rings is 2. The third-order valence-corrected chi connectivity index (χ3v) is 9.24. The first-order valence-corrected chi connectivity index (χ1v) is 14.6. The molecule has 2 aliphatic rings. The SMILES string of the molecule is O=C1NC(c2cccc(OC(F)(F)F)c2)=NC12CCN(S(=O)(=O)CCc1ccc3c(ccn3CC(O)CO)c1)CC2. The Morgan fingerprint density at radius 2 is 1.88 bits per heavy atom. The van der Waals surface area contributed by atoms with Crippen LogP contribution in [0, 0.1) is 0 Å². The summed E-state index contributed by atoms with van der Waals surface area (Å²) in [5, 5.41) is 22.3. The van der Waals surface area contributed by atoms with Crippen LogP contribution in [0.25, 0.3) is 10.9 Å². The Kier molecular flexibility index (Phi) is 7.85. The Morgan fingerprint density at radius 3 is 2.59 bits per heavy atom. The molecule has 14 heteroatoms. The maximum atomic E-state index is 13.1. The molecule has 1 spiro atoms. The third-order valence-electron chi connectivity index (χ3n) is 7.37. The van der Waals surface area contributed by atoms with Crippen molar-refractivity contribution in [3.8, 4) is 5.75 Å². The lowest BCUT2D eigenvalue weighted by Crippen LogP contribution is -2.50. The summed E-state index contributed by atoms with van der Waals surface area (Å²) in [6.07, 6.45) is -3.38. The quantitative estimate of drug-likeness (QED) is 0.348. The molecule has 3 heterocycles. The van der Waals surface area contributed by atoms with Gasteiger partial charge in [-0.15, -0.1) is 13.2 Å². The van der Waals surface area contributed by atoms with Gasteiger partial charge in [0.25, 0.3) is 5.91 Å². The topological polar surface area (TPSA) is 133 Å². The van der Waals surface area contributed by atoms with E-state index in [2.05, 4.69) is 15.0 Å². The highest BCUT2D eigenvalue weighted by atomic mass is 32.2. The molecule has 1 amide bonds. The van der Waals surface area contributed by atoms with Crippen molar-refractivity contribution in [3.05, 3.63) is 65.9 Å². The molecule has 1 unspecified atom stereocenters. The maximum Gasteiger partial charge on any atom is 0.573 e. The molecular weight excluding hydrogens is 565 g/mol. The van der Waals surface area contributed by atoms with E-state index >= 15 is 0 Å². The van der Waals surface area contributed by atoms with Gasteiger partial charge in [-0.1, -0.05) is 18.2 Å². The number of nitrogens with one attached hydrogen (secondary N) is 1. The number of piperidine rings is 1. The number of hydrogen-bond acceptors (Lipinski definition) is 7. The number of aryl methyl sites for hydroxylation is 1. The highest BCUT2D eigenvalue weighted by Crippen LogP contribution is 2.33. The van der Waals surface area contributed by atoms with Crippen molar-refractivity contribution in [2.45, 2.75) is 43.8 Å². The number of carbonyl (C=O) groups excluding carboxylic acids is 1. The smallest absolute Gasteiger partial charge is 0.406 e. The second-order valence-electron chi connectivity index (χ2n) is 10.2. The van der Waals surface area contributed by atoms with Crippen LogP contribution < -0.4 is 10.1 Å². The van der Waals surface area contributed by atoms with Gasteiger partial charge in [0.15, 0.2) is 0 Å². The minimum absolute atomic E-state index is 0.0822. The number of ether oxygens (including phenoxy) is 1. The summed E-state index contributed by atoms with van der Waals surface area (Å²) in [5.41, 5.74) is 0.754. The summed E-state index contributed by atoms with van der Waals surface area (Å²) in [6, 6.07) is 12.6.